The second-order valence-corrected chi connectivity index (χ2v) is 6.79. The Bertz CT molecular complexity index is 826. The van der Waals surface area contributed by atoms with Crippen LogP contribution in [0.15, 0.2) is 12.1 Å². The third kappa shape index (κ3) is 4.26. The van der Waals surface area contributed by atoms with Crippen molar-refractivity contribution in [2.45, 2.75) is 26.7 Å². The van der Waals surface area contributed by atoms with Gasteiger partial charge in [-0.3, -0.25) is 15.6 Å². The molecule has 0 saturated carbocycles. The number of benzene rings is 1. The van der Waals surface area contributed by atoms with Crippen LogP contribution in [-0.2, 0) is 11.2 Å². The maximum absolute atomic E-state index is 12.6. The van der Waals surface area contributed by atoms with Crippen LogP contribution in [0, 0.1) is 6.92 Å². The first-order chi connectivity index (χ1) is 12.3. The zero-order valence-electron chi connectivity index (χ0n) is 14.4. The summed E-state index contributed by atoms with van der Waals surface area (Å²) in [6.45, 7) is 3.67. The Hall–Kier alpha value is -1.89. The van der Waals surface area contributed by atoms with Crippen LogP contribution in [0.1, 0.15) is 45.4 Å². The number of amides is 1. The largest absolute Gasteiger partial charge is 0.465 e. The fourth-order valence-corrected chi connectivity index (χ4v) is 3.50. The molecule has 0 bridgehead atoms. The maximum atomic E-state index is 12.6. The molecule has 2 aromatic rings. The molecule has 2 rings (SSSR count). The average Bonchev–Trinajstić information content (AvgIpc) is 2.89. The second kappa shape index (κ2) is 8.66. The van der Waals surface area contributed by atoms with Crippen molar-refractivity contribution in [2.75, 3.05) is 12.5 Å². The standard InChI is InChI=1S/C17H18Cl3N3O3/c1-4-5-10-13(17(25)26-3)8(2)21-14(10)16(24)23-22-15-11(19)6-9(18)7-12(15)20/h6-7,21-22H,4-5H2,1-3H3,(H,23,24). The number of aryl methyl sites for hydroxylation is 1. The molecule has 0 spiro atoms. The van der Waals surface area contributed by atoms with Gasteiger partial charge in [-0.1, -0.05) is 48.1 Å². The molecule has 0 aliphatic rings. The molecule has 3 N–H and O–H groups in total. The van der Waals surface area contributed by atoms with E-state index in [0.717, 1.165) is 6.42 Å². The smallest absolute Gasteiger partial charge is 0.339 e. The normalized spacial score (nSPS) is 10.5. The summed E-state index contributed by atoms with van der Waals surface area (Å²) in [6, 6.07) is 3.00. The van der Waals surface area contributed by atoms with E-state index in [1.54, 1.807) is 6.92 Å². The van der Waals surface area contributed by atoms with E-state index < -0.39 is 11.9 Å². The Morgan fingerprint density at radius 3 is 2.35 bits per heavy atom. The molecule has 0 aliphatic heterocycles. The van der Waals surface area contributed by atoms with Gasteiger partial charge >= 0.3 is 5.97 Å². The summed E-state index contributed by atoms with van der Waals surface area (Å²) in [5.41, 5.74) is 7.35. The first-order valence-corrected chi connectivity index (χ1v) is 8.94. The summed E-state index contributed by atoms with van der Waals surface area (Å²) in [6.07, 6.45) is 1.30. The van der Waals surface area contributed by atoms with E-state index in [2.05, 4.69) is 15.8 Å². The van der Waals surface area contributed by atoms with Gasteiger partial charge < -0.3 is 9.72 Å². The summed E-state index contributed by atoms with van der Waals surface area (Å²) in [7, 11) is 1.30. The number of carbonyl (C=O) groups is 2. The summed E-state index contributed by atoms with van der Waals surface area (Å²) < 4.78 is 4.82. The molecule has 1 aromatic heterocycles. The van der Waals surface area contributed by atoms with E-state index in [1.807, 2.05) is 6.92 Å². The number of rotatable bonds is 6. The number of esters is 1. The molecule has 1 aromatic carbocycles. The zero-order valence-corrected chi connectivity index (χ0v) is 16.7. The first-order valence-electron chi connectivity index (χ1n) is 7.80. The van der Waals surface area contributed by atoms with Gasteiger partial charge in [-0.2, -0.15) is 0 Å². The first kappa shape index (κ1) is 20.4. The van der Waals surface area contributed by atoms with Crippen molar-refractivity contribution in [1.82, 2.24) is 10.4 Å². The van der Waals surface area contributed by atoms with Crippen molar-refractivity contribution < 1.29 is 14.3 Å². The fourth-order valence-electron chi connectivity index (χ4n) is 2.59. The minimum atomic E-state index is -0.488. The van der Waals surface area contributed by atoms with Crippen molar-refractivity contribution in [2.24, 2.45) is 0 Å². The predicted octanol–water partition coefficient (Wildman–Crippen LogP) is 4.78. The van der Waals surface area contributed by atoms with Crippen LogP contribution < -0.4 is 10.9 Å². The van der Waals surface area contributed by atoms with E-state index in [-0.39, 0.29) is 15.7 Å². The highest BCUT2D eigenvalue weighted by Crippen LogP contribution is 2.33. The Morgan fingerprint density at radius 2 is 1.81 bits per heavy atom. The third-order valence-electron chi connectivity index (χ3n) is 3.72. The van der Waals surface area contributed by atoms with E-state index in [4.69, 9.17) is 39.5 Å². The van der Waals surface area contributed by atoms with Crippen molar-refractivity contribution in [3.05, 3.63) is 49.7 Å². The van der Waals surface area contributed by atoms with Crippen LogP contribution in [0.4, 0.5) is 5.69 Å². The number of ether oxygens (including phenoxy) is 1. The summed E-state index contributed by atoms with van der Waals surface area (Å²) in [5, 5.41) is 0.897. The fraction of sp³-hybridized carbons (Fsp3) is 0.294. The minimum Gasteiger partial charge on any atom is -0.465 e. The molecule has 0 saturated heterocycles. The molecular weight excluding hydrogens is 401 g/mol. The highest BCUT2D eigenvalue weighted by Gasteiger charge is 2.24. The lowest BCUT2D eigenvalue weighted by Gasteiger charge is -2.12. The van der Waals surface area contributed by atoms with E-state index in [1.165, 1.54) is 19.2 Å². The van der Waals surface area contributed by atoms with Gasteiger partial charge in [0.25, 0.3) is 5.91 Å². The van der Waals surface area contributed by atoms with Crippen molar-refractivity contribution >= 4 is 52.4 Å². The number of aromatic nitrogens is 1. The van der Waals surface area contributed by atoms with Gasteiger partial charge in [0.15, 0.2) is 0 Å². The molecule has 26 heavy (non-hydrogen) atoms. The molecule has 0 atom stereocenters. The molecule has 0 fully saturated rings. The lowest BCUT2D eigenvalue weighted by atomic mass is 10.0. The zero-order chi connectivity index (χ0) is 19.4. The summed E-state index contributed by atoms with van der Waals surface area (Å²) >= 11 is 18.0. The number of anilines is 1. The van der Waals surface area contributed by atoms with Crippen molar-refractivity contribution in [1.29, 1.82) is 0 Å². The highest BCUT2D eigenvalue weighted by molar-refractivity contribution is 6.41. The van der Waals surface area contributed by atoms with Gasteiger partial charge in [-0.25, -0.2) is 4.79 Å². The Labute approximate surface area is 166 Å². The topological polar surface area (TPSA) is 83.2 Å². The lowest BCUT2D eigenvalue weighted by Crippen LogP contribution is -2.30. The van der Waals surface area contributed by atoms with Gasteiger partial charge in [0.1, 0.15) is 5.69 Å². The molecule has 9 heteroatoms. The van der Waals surface area contributed by atoms with Gasteiger partial charge in [0.05, 0.1) is 28.4 Å². The monoisotopic (exact) mass is 417 g/mol. The van der Waals surface area contributed by atoms with E-state index in [9.17, 15) is 9.59 Å². The number of carbonyl (C=O) groups excluding carboxylic acids is 2. The Morgan fingerprint density at radius 1 is 1.19 bits per heavy atom. The Balaban J connectivity index is 2.29. The number of H-pyrrole nitrogens is 1. The predicted molar refractivity (Wildman–Crippen MR) is 103 cm³/mol. The quantitative estimate of drug-likeness (QED) is 0.466. The second-order valence-electron chi connectivity index (χ2n) is 5.54. The number of hydrogen-bond acceptors (Lipinski definition) is 4. The lowest BCUT2D eigenvalue weighted by molar-refractivity contribution is 0.0599. The van der Waals surface area contributed by atoms with E-state index in [0.29, 0.717) is 34.0 Å². The number of aromatic amines is 1. The third-order valence-corrected chi connectivity index (χ3v) is 4.53. The molecule has 0 radical (unpaired) electrons. The van der Waals surface area contributed by atoms with Crippen LogP contribution >= 0.6 is 34.8 Å². The SMILES string of the molecule is CCCc1c(C(=O)NNc2c(Cl)cc(Cl)cc2Cl)[nH]c(C)c1C(=O)OC. The number of nitrogens with one attached hydrogen (secondary N) is 3. The number of methoxy groups -OCH3 is 1. The number of halogens is 3. The van der Waals surface area contributed by atoms with Gasteiger partial charge in [0, 0.05) is 10.7 Å². The van der Waals surface area contributed by atoms with Gasteiger partial charge in [-0.05, 0) is 31.0 Å². The summed E-state index contributed by atoms with van der Waals surface area (Å²) in [4.78, 5) is 27.6. The molecule has 140 valence electrons. The van der Waals surface area contributed by atoms with Crippen molar-refractivity contribution in [3.63, 3.8) is 0 Å². The molecule has 0 unspecified atom stereocenters. The molecule has 0 aliphatic carbocycles. The van der Waals surface area contributed by atoms with Crippen molar-refractivity contribution in [3.8, 4) is 0 Å². The maximum Gasteiger partial charge on any atom is 0.339 e. The molecule has 1 heterocycles. The average molecular weight is 419 g/mol. The minimum absolute atomic E-state index is 0.259. The summed E-state index contributed by atoms with van der Waals surface area (Å²) in [5.74, 6) is -0.952. The molecule has 6 nitrogen and oxygen atoms in total. The Kier molecular flexibility index (Phi) is 6.81. The van der Waals surface area contributed by atoms with Gasteiger partial charge in [0.2, 0.25) is 0 Å². The molecular formula is C17H18Cl3N3O3. The number of hydrogen-bond donors (Lipinski definition) is 3. The highest BCUT2D eigenvalue weighted by atomic mass is 35.5. The van der Waals surface area contributed by atoms with Crippen LogP contribution in [0.3, 0.4) is 0 Å². The molecule has 1 amide bonds. The van der Waals surface area contributed by atoms with Crippen LogP contribution in [-0.4, -0.2) is 24.0 Å². The number of hydrazine groups is 1. The van der Waals surface area contributed by atoms with E-state index >= 15 is 0 Å². The van der Waals surface area contributed by atoms with Gasteiger partial charge in [-0.15, -0.1) is 0 Å². The van der Waals surface area contributed by atoms with Crippen LogP contribution in [0.2, 0.25) is 15.1 Å². The van der Waals surface area contributed by atoms with Crippen LogP contribution in [0.25, 0.3) is 0 Å². The van der Waals surface area contributed by atoms with Crippen LogP contribution in [0.5, 0.6) is 0 Å².